The lowest BCUT2D eigenvalue weighted by Crippen LogP contribution is -1.91. The molecular weight excluding hydrogens is 168 g/mol. The number of rotatable bonds is 2. The van der Waals surface area contributed by atoms with Crippen molar-refractivity contribution in [1.29, 1.82) is 0 Å². The summed E-state index contributed by atoms with van der Waals surface area (Å²) >= 11 is 7.33. The van der Waals surface area contributed by atoms with E-state index >= 15 is 0 Å². The summed E-state index contributed by atoms with van der Waals surface area (Å²) < 4.78 is 1.84. The van der Waals surface area contributed by atoms with Crippen molar-refractivity contribution in [1.82, 2.24) is 9.78 Å². The monoisotopic (exact) mass is 176 g/mol. The molecule has 0 aliphatic heterocycles. The molecule has 0 aromatic carbocycles. The first-order valence-corrected chi connectivity index (χ1v) is 4.66. The number of thioether (sulfide) groups is 1. The summed E-state index contributed by atoms with van der Waals surface area (Å²) in [6.45, 7) is 0. The molecular formula is C6H9ClN2S. The summed E-state index contributed by atoms with van der Waals surface area (Å²) in [6.07, 6.45) is 3.83. The Morgan fingerprint density at radius 1 is 1.80 bits per heavy atom. The second-order valence-electron chi connectivity index (χ2n) is 1.94. The maximum Gasteiger partial charge on any atom is 0.0978 e. The van der Waals surface area contributed by atoms with Gasteiger partial charge in [-0.05, 0) is 6.26 Å². The van der Waals surface area contributed by atoms with E-state index in [1.165, 1.54) is 0 Å². The third-order valence-electron chi connectivity index (χ3n) is 1.29. The molecule has 0 aliphatic rings. The Hall–Kier alpha value is -0.150. The Labute approximate surface area is 69.6 Å². The molecule has 4 heteroatoms. The van der Waals surface area contributed by atoms with Crippen LogP contribution in [0.5, 0.6) is 0 Å². The van der Waals surface area contributed by atoms with Crippen LogP contribution in [0.1, 0.15) is 5.56 Å². The number of hydrogen-bond acceptors (Lipinski definition) is 2. The normalized spacial score (nSPS) is 10.3. The molecule has 56 valence electrons. The van der Waals surface area contributed by atoms with Gasteiger partial charge in [0, 0.05) is 12.6 Å². The van der Waals surface area contributed by atoms with Crippen molar-refractivity contribution in [3.05, 3.63) is 11.8 Å². The first-order chi connectivity index (χ1) is 4.79. The van der Waals surface area contributed by atoms with Gasteiger partial charge in [0.05, 0.1) is 17.1 Å². The molecule has 0 saturated heterocycles. The number of aromatic nitrogens is 2. The summed E-state index contributed by atoms with van der Waals surface area (Å²) in [6, 6.07) is 0. The zero-order chi connectivity index (χ0) is 7.56. The van der Waals surface area contributed by atoms with Crippen molar-refractivity contribution in [2.75, 3.05) is 6.26 Å². The predicted octanol–water partition coefficient (Wildman–Crippen LogP) is 1.88. The minimum atomic E-state index is 0.546. The molecule has 10 heavy (non-hydrogen) atoms. The smallest absolute Gasteiger partial charge is 0.0978 e. The first-order valence-electron chi connectivity index (χ1n) is 2.90. The highest BCUT2D eigenvalue weighted by Gasteiger charge is 2.04. The average molecular weight is 177 g/mol. The fourth-order valence-corrected chi connectivity index (χ4v) is 1.80. The lowest BCUT2D eigenvalue weighted by molar-refractivity contribution is 0.696. The predicted molar refractivity (Wildman–Crippen MR) is 44.5 cm³/mol. The second-order valence-corrected chi connectivity index (χ2v) is 3.00. The molecule has 0 saturated carbocycles. The van der Waals surface area contributed by atoms with Crippen molar-refractivity contribution in [3.63, 3.8) is 0 Å². The molecule has 0 amide bonds. The van der Waals surface area contributed by atoms with E-state index in [1.54, 1.807) is 18.0 Å². The Morgan fingerprint density at radius 3 is 2.90 bits per heavy atom. The number of alkyl halides is 1. The molecule has 0 atom stereocenters. The Kier molecular flexibility index (Phi) is 2.63. The van der Waals surface area contributed by atoms with Crippen LogP contribution in [0.2, 0.25) is 0 Å². The number of nitrogens with zero attached hydrogens (tertiary/aromatic N) is 2. The second kappa shape index (κ2) is 3.30. The van der Waals surface area contributed by atoms with Crippen LogP contribution in [0.4, 0.5) is 0 Å². The van der Waals surface area contributed by atoms with Gasteiger partial charge < -0.3 is 0 Å². The van der Waals surface area contributed by atoms with Gasteiger partial charge in [0.15, 0.2) is 0 Å². The molecule has 0 unspecified atom stereocenters. The van der Waals surface area contributed by atoms with Gasteiger partial charge in [-0.2, -0.15) is 5.10 Å². The van der Waals surface area contributed by atoms with Crippen molar-refractivity contribution < 1.29 is 0 Å². The number of aryl methyl sites for hydroxylation is 1. The van der Waals surface area contributed by atoms with E-state index in [0.717, 1.165) is 10.6 Å². The highest BCUT2D eigenvalue weighted by Crippen LogP contribution is 2.20. The average Bonchev–Trinajstić information content (AvgIpc) is 2.30. The molecule has 1 heterocycles. The SMILES string of the molecule is CSc1c(CCl)cnn1C. The van der Waals surface area contributed by atoms with Crippen LogP contribution < -0.4 is 0 Å². The minimum absolute atomic E-state index is 0.546. The summed E-state index contributed by atoms with van der Waals surface area (Å²) in [5, 5.41) is 5.22. The largest absolute Gasteiger partial charge is 0.262 e. The van der Waals surface area contributed by atoms with Crippen molar-refractivity contribution in [2.45, 2.75) is 10.9 Å². The molecule has 1 rings (SSSR count). The molecule has 0 radical (unpaired) electrons. The van der Waals surface area contributed by atoms with E-state index in [0.29, 0.717) is 5.88 Å². The van der Waals surface area contributed by atoms with Gasteiger partial charge in [-0.1, -0.05) is 0 Å². The molecule has 2 nitrogen and oxygen atoms in total. The molecule has 0 bridgehead atoms. The van der Waals surface area contributed by atoms with Gasteiger partial charge in [0.25, 0.3) is 0 Å². The fraction of sp³-hybridized carbons (Fsp3) is 0.500. The van der Waals surface area contributed by atoms with Gasteiger partial charge in [-0.15, -0.1) is 23.4 Å². The van der Waals surface area contributed by atoms with Crippen molar-refractivity contribution >= 4 is 23.4 Å². The van der Waals surface area contributed by atoms with Crippen LogP contribution in [-0.2, 0) is 12.9 Å². The molecule has 0 N–H and O–H groups in total. The van der Waals surface area contributed by atoms with Gasteiger partial charge in [0.1, 0.15) is 0 Å². The van der Waals surface area contributed by atoms with E-state index in [2.05, 4.69) is 5.10 Å². The van der Waals surface area contributed by atoms with Gasteiger partial charge in [0.2, 0.25) is 0 Å². The highest BCUT2D eigenvalue weighted by molar-refractivity contribution is 7.98. The topological polar surface area (TPSA) is 17.8 Å². The summed E-state index contributed by atoms with van der Waals surface area (Å²) in [4.78, 5) is 0. The summed E-state index contributed by atoms with van der Waals surface area (Å²) in [5.41, 5.74) is 1.11. The highest BCUT2D eigenvalue weighted by atomic mass is 35.5. The third-order valence-corrected chi connectivity index (χ3v) is 2.49. The van der Waals surface area contributed by atoms with Crippen LogP contribution in [0.15, 0.2) is 11.2 Å². The maximum absolute atomic E-state index is 5.66. The number of hydrogen-bond donors (Lipinski definition) is 0. The Balaban J connectivity index is 3.01. The van der Waals surface area contributed by atoms with Crippen LogP contribution in [0.3, 0.4) is 0 Å². The zero-order valence-corrected chi connectivity index (χ0v) is 7.54. The van der Waals surface area contributed by atoms with Gasteiger partial charge in [-0.25, -0.2) is 0 Å². The molecule has 0 aliphatic carbocycles. The Morgan fingerprint density at radius 2 is 2.50 bits per heavy atom. The van der Waals surface area contributed by atoms with Crippen molar-refractivity contribution in [2.24, 2.45) is 7.05 Å². The van der Waals surface area contributed by atoms with Gasteiger partial charge >= 0.3 is 0 Å². The van der Waals surface area contributed by atoms with Gasteiger partial charge in [-0.3, -0.25) is 4.68 Å². The zero-order valence-electron chi connectivity index (χ0n) is 5.97. The summed E-state index contributed by atoms with van der Waals surface area (Å²) in [5.74, 6) is 0.546. The maximum atomic E-state index is 5.66. The van der Waals surface area contributed by atoms with Crippen molar-refractivity contribution in [3.8, 4) is 0 Å². The van der Waals surface area contributed by atoms with E-state index in [-0.39, 0.29) is 0 Å². The van der Waals surface area contributed by atoms with Crippen LogP contribution in [0.25, 0.3) is 0 Å². The summed E-state index contributed by atoms with van der Waals surface area (Å²) in [7, 11) is 1.92. The van der Waals surface area contributed by atoms with Crippen LogP contribution in [-0.4, -0.2) is 16.0 Å². The third kappa shape index (κ3) is 1.30. The van der Waals surface area contributed by atoms with Crippen LogP contribution in [0, 0.1) is 0 Å². The van der Waals surface area contributed by atoms with Crippen LogP contribution >= 0.6 is 23.4 Å². The van der Waals surface area contributed by atoms with E-state index < -0.39 is 0 Å². The standard InChI is InChI=1S/C6H9ClN2S/c1-9-6(10-2)5(3-7)4-8-9/h4H,3H2,1-2H3. The van der Waals surface area contributed by atoms with E-state index in [4.69, 9.17) is 11.6 Å². The number of halogens is 1. The molecule has 1 aromatic heterocycles. The lowest BCUT2D eigenvalue weighted by Gasteiger charge is -1.97. The molecule has 1 aromatic rings. The molecule has 0 spiro atoms. The van der Waals surface area contributed by atoms with E-state index in [9.17, 15) is 0 Å². The first kappa shape index (κ1) is 7.95. The fourth-order valence-electron chi connectivity index (χ4n) is 0.827. The molecule has 0 fully saturated rings. The quantitative estimate of drug-likeness (QED) is 0.506. The Bertz CT molecular complexity index is 222. The minimum Gasteiger partial charge on any atom is -0.262 e. The lowest BCUT2D eigenvalue weighted by atomic mass is 10.4. The van der Waals surface area contributed by atoms with E-state index in [1.807, 2.05) is 18.0 Å².